The Morgan fingerprint density at radius 1 is 1.08 bits per heavy atom. The Morgan fingerprint density at radius 3 is 2.52 bits per heavy atom. The molecule has 5 heteroatoms. The minimum atomic E-state index is -1.21. The molecule has 1 amide bonds. The molecule has 1 unspecified atom stereocenters. The number of carbonyl (C=O) groups is 2. The average molecular weight is 339 g/mol. The maximum atomic E-state index is 14.4. The van der Waals surface area contributed by atoms with Crippen molar-refractivity contribution in [2.75, 3.05) is 0 Å². The quantitative estimate of drug-likeness (QED) is 0.921. The highest BCUT2D eigenvalue weighted by molar-refractivity contribution is 5.97. The predicted octanol–water partition coefficient (Wildman–Crippen LogP) is 3.82. The van der Waals surface area contributed by atoms with Crippen LogP contribution in [-0.4, -0.2) is 27.9 Å². The number of carbonyl (C=O) groups excluding carboxylic acids is 1. The fourth-order valence-electron chi connectivity index (χ4n) is 3.70. The van der Waals surface area contributed by atoms with Gasteiger partial charge in [-0.3, -0.25) is 4.79 Å². The molecule has 0 aromatic heterocycles. The number of fused-ring (bicyclic) bond motifs is 1. The molecular weight excluding hydrogens is 321 g/mol. The molecule has 2 aromatic rings. The number of aryl methyl sites for hydroxylation is 1. The number of aromatic carboxylic acids is 1. The highest BCUT2D eigenvalue weighted by Crippen LogP contribution is 2.42. The molecule has 0 radical (unpaired) electrons. The van der Waals surface area contributed by atoms with Crippen LogP contribution in [0.25, 0.3) is 0 Å². The standard InChI is InChI=1S/C20H18FNO3/c21-17-11-13(20(24)25)5-9-16(17)19(23)22(14-7-8-14)18-10-6-12-3-1-2-4-15(12)18/h1-5,9,11,14,18H,6-8,10H2,(H,24,25). The minimum Gasteiger partial charge on any atom is -0.478 e. The van der Waals surface area contributed by atoms with Gasteiger partial charge in [0.1, 0.15) is 5.82 Å². The van der Waals surface area contributed by atoms with Crippen LogP contribution in [0.2, 0.25) is 0 Å². The minimum absolute atomic E-state index is 0.0326. The van der Waals surface area contributed by atoms with E-state index in [0.717, 1.165) is 37.3 Å². The molecule has 0 bridgehead atoms. The molecule has 2 aromatic carbocycles. The fraction of sp³-hybridized carbons (Fsp3) is 0.300. The highest BCUT2D eigenvalue weighted by atomic mass is 19.1. The molecular formula is C20H18FNO3. The Labute approximate surface area is 144 Å². The third-order valence-corrected chi connectivity index (χ3v) is 5.06. The Hall–Kier alpha value is -2.69. The highest BCUT2D eigenvalue weighted by Gasteiger charge is 2.41. The van der Waals surface area contributed by atoms with E-state index in [1.54, 1.807) is 0 Å². The first-order valence-corrected chi connectivity index (χ1v) is 8.49. The first-order valence-electron chi connectivity index (χ1n) is 8.49. The van der Waals surface area contributed by atoms with Gasteiger partial charge in [0.25, 0.3) is 5.91 Å². The molecule has 1 N–H and O–H groups in total. The van der Waals surface area contributed by atoms with E-state index in [9.17, 15) is 14.0 Å². The smallest absolute Gasteiger partial charge is 0.335 e. The van der Waals surface area contributed by atoms with Gasteiger partial charge in [0.05, 0.1) is 17.2 Å². The average Bonchev–Trinajstić information content (AvgIpc) is 3.34. The van der Waals surface area contributed by atoms with Gasteiger partial charge in [0, 0.05) is 6.04 Å². The van der Waals surface area contributed by atoms with Crippen molar-refractivity contribution in [2.45, 2.75) is 37.8 Å². The lowest BCUT2D eigenvalue weighted by molar-refractivity contribution is 0.0648. The summed E-state index contributed by atoms with van der Waals surface area (Å²) < 4.78 is 14.4. The van der Waals surface area contributed by atoms with Gasteiger partial charge in [-0.2, -0.15) is 0 Å². The van der Waals surface area contributed by atoms with Gasteiger partial charge in [-0.15, -0.1) is 0 Å². The summed E-state index contributed by atoms with van der Waals surface area (Å²) in [4.78, 5) is 25.8. The van der Waals surface area contributed by atoms with Crippen molar-refractivity contribution in [2.24, 2.45) is 0 Å². The van der Waals surface area contributed by atoms with Gasteiger partial charge < -0.3 is 10.0 Å². The SMILES string of the molecule is O=C(O)c1ccc(C(=O)N(C2CC2)C2CCc3ccccc32)c(F)c1. The van der Waals surface area contributed by atoms with E-state index in [2.05, 4.69) is 6.07 Å². The maximum Gasteiger partial charge on any atom is 0.335 e. The normalized spacial score (nSPS) is 18.7. The molecule has 0 saturated heterocycles. The predicted molar refractivity (Wildman–Crippen MR) is 90.1 cm³/mol. The molecule has 25 heavy (non-hydrogen) atoms. The lowest BCUT2D eigenvalue weighted by Crippen LogP contribution is -2.36. The Balaban J connectivity index is 1.69. The summed E-state index contributed by atoms with van der Waals surface area (Å²) in [6.45, 7) is 0. The van der Waals surface area contributed by atoms with E-state index >= 15 is 0 Å². The largest absolute Gasteiger partial charge is 0.478 e. The molecule has 0 aliphatic heterocycles. The number of benzene rings is 2. The Morgan fingerprint density at radius 2 is 1.84 bits per heavy atom. The molecule has 4 nitrogen and oxygen atoms in total. The molecule has 1 fully saturated rings. The molecule has 128 valence electrons. The fourth-order valence-corrected chi connectivity index (χ4v) is 3.70. The van der Waals surface area contributed by atoms with E-state index < -0.39 is 11.8 Å². The molecule has 0 spiro atoms. The van der Waals surface area contributed by atoms with Gasteiger partial charge in [0.2, 0.25) is 0 Å². The Kier molecular flexibility index (Phi) is 3.79. The third-order valence-electron chi connectivity index (χ3n) is 5.06. The van der Waals surface area contributed by atoms with E-state index in [4.69, 9.17) is 5.11 Å². The number of halogens is 1. The van der Waals surface area contributed by atoms with Crippen molar-refractivity contribution < 1.29 is 19.1 Å². The zero-order valence-corrected chi connectivity index (χ0v) is 13.6. The molecule has 4 rings (SSSR count). The van der Waals surface area contributed by atoms with Gasteiger partial charge in [-0.25, -0.2) is 9.18 Å². The van der Waals surface area contributed by atoms with Crippen molar-refractivity contribution in [3.8, 4) is 0 Å². The number of hydrogen-bond donors (Lipinski definition) is 1. The van der Waals surface area contributed by atoms with Gasteiger partial charge in [0.15, 0.2) is 0 Å². The van der Waals surface area contributed by atoms with Crippen LogP contribution >= 0.6 is 0 Å². The van der Waals surface area contributed by atoms with Crippen LogP contribution in [0.1, 0.15) is 57.1 Å². The topological polar surface area (TPSA) is 57.6 Å². The molecule has 1 saturated carbocycles. The first-order chi connectivity index (χ1) is 12.1. The lowest BCUT2D eigenvalue weighted by atomic mass is 10.0. The van der Waals surface area contributed by atoms with E-state index in [0.29, 0.717) is 0 Å². The lowest BCUT2D eigenvalue weighted by Gasteiger charge is -2.30. The van der Waals surface area contributed by atoms with Crippen molar-refractivity contribution in [3.05, 3.63) is 70.5 Å². The van der Waals surface area contributed by atoms with Gasteiger partial charge >= 0.3 is 5.97 Å². The molecule has 2 aliphatic rings. The molecule has 2 aliphatic carbocycles. The van der Waals surface area contributed by atoms with Gasteiger partial charge in [-0.05, 0) is 55.0 Å². The third kappa shape index (κ3) is 2.80. The summed E-state index contributed by atoms with van der Waals surface area (Å²) in [6, 6.07) is 11.7. The summed E-state index contributed by atoms with van der Waals surface area (Å²) >= 11 is 0. The van der Waals surface area contributed by atoms with Gasteiger partial charge in [-0.1, -0.05) is 24.3 Å². The number of hydrogen-bond acceptors (Lipinski definition) is 2. The van der Waals surface area contributed by atoms with Crippen molar-refractivity contribution in [1.29, 1.82) is 0 Å². The second-order valence-corrected chi connectivity index (χ2v) is 6.70. The summed E-state index contributed by atoms with van der Waals surface area (Å²) in [5, 5.41) is 8.97. The molecule has 0 heterocycles. The van der Waals surface area contributed by atoms with Crippen LogP contribution in [-0.2, 0) is 6.42 Å². The first kappa shape index (κ1) is 15.8. The van der Waals surface area contributed by atoms with Crippen LogP contribution in [0.4, 0.5) is 4.39 Å². The summed E-state index contributed by atoms with van der Waals surface area (Å²) in [7, 11) is 0. The maximum absolute atomic E-state index is 14.4. The van der Waals surface area contributed by atoms with Crippen LogP contribution in [0, 0.1) is 5.82 Å². The van der Waals surface area contributed by atoms with E-state index in [-0.39, 0.29) is 29.1 Å². The van der Waals surface area contributed by atoms with Crippen molar-refractivity contribution >= 4 is 11.9 Å². The van der Waals surface area contributed by atoms with Crippen LogP contribution in [0.5, 0.6) is 0 Å². The molecule has 1 atom stereocenters. The summed E-state index contributed by atoms with van der Waals surface area (Å²) in [5.74, 6) is -2.33. The zero-order chi connectivity index (χ0) is 17.6. The zero-order valence-electron chi connectivity index (χ0n) is 13.6. The van der Waals surface area contributed by atoms with Crippen LogP contribution in [0.3, 0.4) is 0 Å². The number of amides is 1. The Bertz CT molecular complexity index is 860. The van der Waals surface area contributed by atoms with Crippen LogP contribution < -0.4 is 0 Å². The van der Waals surface area contributed by atoms with E-state index in [1.165, 1.54) is 17.7 Å². The number of carboxylic acid groups (broad SMARTS) is 1. The van der Waals surface area contributed by atoms with Crippen molar-refractivity contribution in [1.82, 2.24) is 4.90 Å². The monoisotopic (exact) mass is 339 g/mol. The van der Waals surface area contributed by atoms with Crippen LogP contribution in [0.15, 0.2) is 42.5 Å². The number of carboxylic acids is 1. The van der Waals surface area contributed by atoms with E-state index in [1.807, 2.05) is 23.1 Å². The second-order valence-electron chi connectivity index (χ2n) is 6.70. The summed E-state index contributed by atoms with van der Waals surface area (Å²) in [6.07, 6.45) is 3.62. The second kappa shape index (κ2) is 5.99. The summed E-state index contributed by atoms with van der Waals surface area (Å²) in [5.41, 5.74) is 2.18. The number of rotatable bonds is 4. The van der Waals surface area contributed by atoms with Crippen molar-refractivity contribution in [3.63, 3.8) is 0 Å². The number of nitrogens with zero attached hydrogens (tertiary/aromatic N) is 1.